The fourth-order valence-corrected chi connectivity index (χ4v) is 13.7. The first-order valence-electron chi connectivity index (χ1n) is 21.3. The minimum atomic E-state index is -1.84. The van der Waals surface area contributed by atoms with Crippen molar-refractivity contribution in [2.45, 2.75) is 53.9 Å². The molecular weight excluding hydrogens is 958 g/mol. The molecule has 0 radical (unpaired) electrons. The average molecular weight is 1020 g/mol. The second kappa shape index (κ2) is 32.9. The van der Waals surface area contributed by atoms with Crippen LogP contribution in [0.25, 0.3) is 0 Å². The first-order chi connectivity index (χ1) is 30.4. The zero-order valence-corrected chi connectivity index (χ0v) is 41.8. The van der Waals surface area contributed by atoms with E-state index in [1.165, 1.54) is 37.4 Å². The molecule has 0 amide bonds. The van der Waals surface area contributed by atoms with Gasteiger partial charge in [0.1, 0.15) is 23.2 Å². The van der Waals surface area contributed by atoms with Gasteiger partial charge < -0.3 is 9.47 Å². The van der Waals surface area contributed by atoms with Crippen LogP contribution in [0.5, 0.6) is 0 Å². The molecule has 0 fully saturated rings. The van der Waals surface area contributed by atoms with Crippen LogP contribution < -0.4 is 31.8 Å². The highest BCUT2D eigenvalue weighted by molar-refractivity contribution is 9.09. The van der Waals surface area contributed by atoms with Crippen LogP contribution in [0.4, 0.5) is 0 Å². The Balaban J connectivity index is 0.000000329. The molecule has 0 unspecified atom stereocenters. The minimum absolute atomic E-state index is 0. The molecule has 0 spiro atoms. The van der Waals surface area contributed by atoms with Gasteiger partial charge in [-0.15, -0.1) is 17.0 Å². The Bertz CT molecular complexity index is 2030. The number of esters is 2. The van der Waals surface area contributed by atoms with E-state index in [4.69, 9.17) is 4.74 Å². The van der Waals surface area contributed by atoms with Gasteiger partial charge >= 0.3 is 11.9 Å². The van der Waals surface area contributed by atoms with E-state index in [-0.39, 0.29) is 36.3 Å². The first kappa shape index (κ1) is 55.4. The number of aryl methyl sites for hydroxylation is 1. The normalized spacial score (nSPS) is 10.1. The van der Waals surface area contributed by atoms with Crippen LogP contribution in [0.3, 0.4) is 0 Å². The van der Waals surface area contributed by atoms with Gasteiger partial charge in [0.25, 0.3) is 0 Å². The molecule has 64 heavy (non-hydrogen) atoms. The van der Waals surface area contributed by atoms with Crippen molar-refractivity contribution in [2.75, 3.05) is 24.7 Å². The quantitative estimate of drug-likeness (QED) is 0.0583. The summed E-state index contributed by atoms with van der Waals surface area (Å²) >= 11 is 3.22. The number of benzene rings is 7. The summed E-state index contributed by atoms with van der Waals surface area (Å²) in [5.74, 6) is -0.207. The van der Waals surface area contributed by atoms with Crippen molar-refractivity contribution in [3.8, 4) is 0 Å². The number of halogens is 2. The number of ether oxygens (including phenoxy) is 2. The topological polar surface area (TPSA) is 52.6 Å². The number of hydrogen-bond donors (Lipinski definition) is 0. The van der Waals surface area contributed by atoms with E-state index < -0.39 is 15.2 Å². The van der Waals surface area contributed by atoms with Crippen LogP contribution in [0.2, 0.25) is 0 Å². The molecule has 0 aliphatic carbocycles. The molecule has 4 nitrogen and oxygen atoms in total. The van der Waals surface area contributed by atoms with Crippen molar-refractivity contribution in [1.29, 1.82) is 0 Å². The Morgan fingerprint density at radius 3 is 1.02 bits per heavy atom. The summed E-state index contributed by atoms with van der Waals surface area (Å²) in [4.78, 5) is 22.5. The Morgan fingerprint density at radius 1 is 0.469 bits per heavy atom. The first-order valence-corrected chi connectivity index (χ1v) is 25.8. The van der Waals surface area contributed by atoms with Crippen molar-refractivity contribution in [1.82, 2.24) is 0 Å². The lowest BCUT2D eigenvalue weighted by Gasteiger charge is -2.27. The molecule has 0 saturated carbocycles. The van der Waals surface area contributed by atoms with Crippen molar-refractivity contribution >= 4 is 91.9 Å². The Labute approximate surface area is 404 Å². The van der Waals surface area contributed by atoms with Crippen LogP contribution in [0.1, 0.15) is 52.5 Å². The summed E-state index contributed by atoms with van der Waals surface area (Å²) in [7, 11) is -2.28. The smallest absolute Gasteiger partial charge is 0.305 e. The molecule has 0 N–H and O–H groups in total. The van der Waals surface area contributed by atoms with Gasteiger partial charge in [0.2, 0.25) is 0 Å². The van der Waals surface area contributed by atoms with Crippen molar-refractivity contribution in [3.63, 3.8) is 0 Å². The number of carbonyl (C=O) groups is 2. The molecule has 8 heteroatoms. The van der Waals surface area contributed by atoms with Crippen LogP contribution in [0.15, 0.2) is 212 Å². The van der Waals surface area contributed by atoms with E-state index in [9.17, 15) is 9.59 Å². The molecular formula is C56H65Br2O4P2+. The van der Waals surface area contributed by atoms with Crippen LogP contribution in [0, 0.1) is 6.92 Å². The third kappa shape index (κ3) is 18.8. The highest BCUT2D eigenvalue weighted by Crippen LogP contribution is 2.55. The molecule has 7 aromatic rings. The molecule has 7 aromatic carbocycles. The van der Waals surface area contributed by atoms with E-state index in [1.54, 1.807) is 0 Å². The summed E-state index contributed by atoms with van der Waals surface area (Å²) in [6.07, 6.45) is 3.61. The van der Waals surface area contributed by atoms with Gasteiger partial charge in [0.05, 0.1) is 19.4 Å². The monoisotopic (exact) mass is 1020 g/mol. The van der Waals surface area contributed by atoms with Gasteiger partial charge in [-0.25, -0.2) is 0 Å². The minimum Gasteiger partial charge on any atom is -0.466 e. The molecule has 0 bridgehead atoms. The summed E-state index contributed by atoms with van der Waals surface area (Å²) < 4.78 is 9.83. The zero-order chi connectivity index (χ0) is 44.1. The Hall–Kier alpha value is -4.70. The second-order valence-corrected chi connectivity index (χ2v) is 20.7. The van der Waals surface area contributed by atoms with E-state index in [1.807, 2.05) is 32.0 Å². The molecule has 0 aromatic heterocycles. The fraction of sp³-hybridized carbons (Fsp3) is 0.214. The highest BCUT2D eigenvalue weighted by Gasteiger charge is 2.44. The molecule has 0 aliphatic heterocycles. The van der Waals surface area contributed by atoms with Gasteiger partial charge in [0.15, 0.2) is 0 Å². The maximum Gasteiger partial charge on any atom is 0.305 e. The Morgan fingerprint density at radius 2 is 0.750 bits per heavy atom. The molecule has 0 heterocycles. The number of alkyl halides is 1. The lowest BCUT2D eigenvalue weighted by Crippen LogP contribution is -2.33. The van der Waals surface area contributed by atoms with Gasteiger partial charge in [-0.3, -0.25) is 9.59 Å². The summed E-state index contributed by atoms with van der Waals surface area (Å²) in [5.41, 5.74) is 1.32. The van der Waals surface area contributed by atoms with Crippen LogP contribution >= 0.6 is 48.1 Å². The molecule has 336 valence electrons. The summed E-state index contributed by atoms with van der Waals surface area (Å²) in [6, 6.07) is 74.9. The average Bonchev–Trinajstić information content (AvgIpc) is 3.33. The van der Waals surface area contributed by atoms with Crippen LogP contribution in [-0.4, -0.2) is 36.6 Å². The van der Waals surface area contributed by atoms with E-state index in [0.29, 0.717) is 26.1 Å². The van der Waals surface area contributed by atoms with Gasteiger partial charge in [-0.2, -0.15) is 0 Å². The van der Waals surface area contributed by atoms with Crippen molar-refractivity contribution in [2.24, 2.45) is 0 Å². The molecule has 0 saturated heterocycles. The van der Waals surface area contributed by atoms with Crippen molar-refractivity contribution in [3.05, 3.63) is 218 Å². The van der Waals surface area contributed by atoms with E-state index in [2.05, 4.69) is 222 Å². The largest absolute Gasteiger partial charge is 0.466 e. The van der Waals surface area contributed by atoms with Crippen molar-refractivity contribution < 1.29 is 19.1 Å². The lowest BCUT2D eigenvalue weighted by molar-refractivity contribution is -0.144. The lowest BCUT2D eigenvalue weighted by atomic mass is 10.2. The van der Waals surface area contributed by atoms with E-state index >= 15 is 0 Å². The standard InChI is InChI=1S/C24H26O2P.C18H15P.C7H8.C6H11BrO2.CH4.BrH/c1-2-26-24(25)19-12-20-27(21-13-6-3-7-14-21,22-15-8-4-9-16-22)23-17-10-5-11-18-23;1-4-10-16(11-5-1)19(17-12-6-2-7-13-17)18-14-8-3-9-15-18;1-7-5-3-2-4-6-7;1-2-9-6(8)4-3-5-7;;/h3-11,13-18H,2,12,19-20H2,1H3;1-15H;2-6H,1H3;2-5H2,1H3;1H4;1H/q+1;;;;;. The number of rotatable bonds is 15. The summed E-state index contributed by atoms with van der Waals surface area (Å²) in [6.45, 7) is 6.68. The SMILES string of the molecule is Br.C.CCOC(=O)CCCBr.CCOC(=O)CCC[P+](c1ccccc1)(c1ccccc1)c1ccccc1.Cc1ccccc1.c1ccc(P(c2ccccc2)c2ccccc2)cc1. The van der Waals surface area contributed by atoms with Gasteiger partial charge in [0, 0.05) is 18.2 Å². The van der Waals surface area contributed by atoms with Gasteiger partial charge in [-0.05, 0) is 93.8 Å². The Kier molecular flexibility index (Phi) is 28.5. The number of hydrogen-bond acceptors (Lipinski definition) is 4. The maximum atomic E-state index is 11.9. The maximum absolute atomic E-state index is 11.9. The van der Waals surface area contributed by atoms with Crippen LogP contribution in [-0.2, 0) is 19.1 Å². The van der Waals surface area contributed by atoms with E-state index in [0.717, 1.165) is 24.3 Å². The van der Waals surface area contributed by atoms with Gasteiger partial charge in [-0.1, -0.05) is 205 Å². The molecule has 0 aliphatic rings. The third-order valence-electron chi connectivity index (χ3n) is 9.57. The zero-order valence-electron chi connectivity index (χ0n) is 36.7. The molecule has 7 rings (SSSR count). The fourth-order valence-electron chi connectivity index (χ4n) is 6.73. The number of carbonyl (C=O) groups excluding carboxylic acids is 2. The predicted octanol–water partition coefficient (Wildman–Crippen LogP) is 12.7. The molecule has 0 atom stereocenters. The predicted molar refractivity (Wildman–Crippen MR) is 289 cm³/mol. The highest BCUT2D eigenvalue weighted by atomic mass is 79.9. The second-order valence-electron chi connectivity index (χ2n) is 14.0. The third-order valence-corrected chi connectivity index (χ3v) is 17.1. The summed E-state index contributed by atoms with van der Waals surface area (Å²) in [5, 5.41) is 9.12.